The number of benzene rings is 2. The second-order valence-electron chi connectivity index (χ2n) is 11.0. The first kappa shape index (κ1) is 27.7. The largest absolute Gasteiger partial charge is 0.341 e. The summed E-state index contributed by atoms with van der Waals surface area (Å²) in [7, 11) is 0. The molecule has 11 heteroatoms. The molecule has 2 aromatic carbocycles. The first-order valence-electron chi connectivity index (χ1n) is 14.0. The van der Waals surface area contributed by atoms with Gasteiger partial charge in [0.15, 0.2) is 5.82 Å². The second-order valence-corrected chi connectivity index (χ2v) is 11.0. The second kappa shape index (κ2) is 12.5. The third-order valence-electron chi connectivity index (χ3n) is 8.03. The highest BCUT2D eigenvalue weighted by Crippen LogP contribution is 2.25. The van der Waals surface area contributed by atoms with Crippen molar-refractivity contribution in [2.45, 2.75) is 45.6 Å². The number of amides is 3. The van der Waals surface area contributed by atoms with E-state index in [1.165, 1.54) is 17.7 Å². The molecule has 212 valence electrons. The molecule has 3 atom stereocenters. The number of aryl methyl sites for hydroxylation is 1. The number of piperidine rings is 2. The molecule has 0 bridgehead atoms. The van der Waals surface area contributed by atoms with Gasteiger partial charge in [0.25, 0.3) is 0 Å². The molecule has 0 radical (unpaired) electrons. The molecule has 2 saturated heterocycles. The summed E-state index contributed by atoms with van der Waals surface area (Å²) in [5.74, 6) is 1.20. The normalized spacial score (nSPS) is 21.7. The monoisotopic (exact) mass is 548 g/mol. The molecule has 1 aromatic heterocycles. The topological polar surface area (TPSA) is 108 Å². The molecule has 3 heterocycles. The lowest BCUT2D eigenvalue weighted by Gasteiger charge is -2.42. The Morgan fingerprint density at radius 2 is 1.90 bits per heavy atom. The molecular formula is C29H37FN8O2. The summed E-state index contributed by atoms with van der Waals surface area (Å²) < 4.78 is 14.9. The van der Waals surface area contributed by atoms with Crippen LogP contribution in [0.15, 0.2) is 48.5 Å². The van der Waals surface area contributed by atoms with E-state index in [1.807, 2.05) is 48.2 Å². The molecule has 2 fully saturated rings. The zero-order valence-corrected chi connectivity index (χ0v) is 23.1. The molecule has 2 N–H and O–H groups in total. The Bertz CT molecular complexity index is 1310. The fraction of sp³-hybridized carbons (Fsp3) is 0.483. The molecule has 0 spiro atoms. The molecule has 10 nitrogen and oxygen atoms in total. The van der Waals surface area contributed by atoms with Gasteiger partial charge < -0.3 is 20.4 Å². The zero-order chi connectivity index (χ0) is 28.1. The smallest absolute Gasteiger partial charge is 0.319 e. The van der Waals surface area contributed by atoms with Crippen LogP contribution in [-0.2, 0) is 11.2 Å². The standard InChI is InChI=1S/C29H37FN8O2/c1-20-33-34-35-38(20)27-7-3-6-26(16-27)31-29(40)32-28-19-37(21(2)39)14-12-24(28)18-36-13-4-5-23(17-36)15-22-8-10-25(30)11-9-22/h3,6-11,16,23-24,28H,4-5,12-15,17-19H2,1-2H3,(H2,31,32,40)/t23-,24-,28-/m0/s1. The lowest BCUT2D eigenvalue weighted by Crippen LogP contribution is -2.57. The fourth-order valence-corrected chi connectivity index (χ4v) is 5.96. The van der Waals surface area contributed by atoms with Gasteiger partial charge in [0, 0.05) is 38.8 Å². The number of urea groups is 1. The van der Waals surface area contributed by atoms with Crippen LogP contribution in [0.5, 0.6) is 0 Å². The molecule has 0 saturated carbocycles. The van der Waals surface area contributed by atoms with Crippen LogP contribution >= 0.6 is 0 Å². The number of carbonyl (C=O) groups excluding carboxylic acids is 2. The van der Waals surface area contributed by atoms with Crippen LogP contribution in [0.3, 0.4) is 0 Å². The average Bonchev–Trinajstić information content (AvgIpc) is 3.37. The third-order valence-corrected chi connectivity index (χ3v) is 8.03. The maximum Gasteiger partial charge on any atom is 0.319 e. The highest BCUT2D eigenvalue weighted by Gasteiger charge is 2.34. The van der Waals surface area contributed by atoms with Crippen molar-refractivity contribution in [3.8, 4) is 5.69 Å². The van der Waals surface area contributed by atoms with Crippen molar-refractivity contribution in [1.29, 1.82) is 0 Å². The van der Waals surface area contributed by atoms with E-state index in [4.69, 9.17) is 0 Å². The third kappa shape index (κ3) is 7.01. The SMILES string of the molecule is CC(=O)N1CC[C@@H](CN2CCC[C@@H](Cc3ccc(F)cc3)C2)[C@@H](NC(=O)Nc2cccc(-n3nnnc3C)c2)C1. The van der Waals surface area contributed by atoms with Crippen molar-refractivity contribution in [2.24, 2.45) is 11.8 Å². The van der Waals surface area contributed by atoms with Gasteiger partial charge >= 0.3 is 6.03 Å². The fourth-order valence-electron chi connectivity index (χ4n) is 5.96. The first-order valence-corrected chi connectivity index (χ1v) is 14.0. The zero-order valence-electron chi connectivity index (χ0n) is 23.1. The summed E-state index contributed by atoms with van der Waals surface area (Å²) in [4.78, 5) is 29.6. The molecule has 2 aliphatic heterocycles. The highest BCUT2D eigenvalue weighted by atomic mass is 19.1. The van der Waals surface area contributed by atoms with E-state index in [9.17, 15) is 14.0 Å². The van der Waals surface area contributed by atoms with Crippen molar-refractivity contribution >= 4 is 17.6 Å². The maximum absolute atomic E-state index is 13.3. The van der Waals surface area contributed by atoms with Crippen molar-refractivity contribution < 1.29 is 14.0 Å². The van der Waals surface area contributed by atoms with E-state index in [-0.39, 0.29) is 29.7 Å². The summed E-state index contributed by atoms with van der Waals surface area (Å²) in [5, 5.41) is 17.7. The van der Waals surface area contributed by atoms with Gasteiger partial charge in [0.05, 0.1) is 11.7 Å². The van der Waals surface area contributed by atoms with E-state index >= 15 is 0 Å². The Balaban J connectivity index is 1.21. The number of nitrogens with one attached hydrogen (secondary N) is 2. The van der Waals surface area contributed by atoms with Gasteiger partial charge in [-0.2, -0.15) is 4.68 Å². The Morgan fingerprint density at radius 3 is 2.65 bits per heavy atom. The van der Waals surface area contributed by atoms with Gasteiger partial charge in [0.1, 0.15) is 5.82 Å². The summed E-state index contributed by atoms with van der Waals surface area (Å²) in [6.45, 7) is 7.44. The highest BCUT2D eigenvalue weighted by molar-refractivity contribution is 5.89. The predicted molar refractivity (Wildman–Crippen MR) is 149 cm³/mol. The Labute approximate surface area is 233 Å². The molecule has 5 rings (SSSR count). The minimum atomic E-state index is -0.307. The quantitative estimate of drug-likeness (QED) is 0.469. The van der Waals surface area contributed by atoms with E-state index in [0.717, 1.165) is 51.0 Å². The first-order chi connectivity index (χ1) is 19.3. The lowest BCUT2D eigenvalue weighted by atomic mass is 9.87. The van der Waals surface area contributed by atoms with E-state index in [1.54, 1.807) is 11.6 Å². The van der Waals surface area contributed by atoms with Crippen LogP contribution in [0.1, 0.15) is 37.6 Å². The minimum absolute atomic E-state index is 0.0208. The predicted octanol–water partition coefficient (Wildman–Crippen LogP) is 3.42. The van der Waals surface area contributed by atoms with Crippen molar-refractivity contribution in [2.75, 3.05) is 38.0 Å². The van der Waals surface area contributed by atoms with Gasteiger partial charge in [-0.15, -0.1) is 5.10 Å². The summed E-state index contributed by atoms with van der Waals surface area (Å²) >= 11 is 0. The summed E-state index contributed by atoms with van der Waals surface area (Å²) in [6.07, 6.45) is 4.04. The van der Waals surface area contributed by atoms with Crippen molar-refractivity contribution in [1.82, 2.24) is 35.3 Å². The molecule has 0 unspecified atom stereocenters. The van der Waals surface area contributed by atoms with Crippen molar-refractivity contribution in [3.63, 3.8) is 0 Å². The van der Waals surface area contributed by atoms with Crippen LogP contribution < -0.4 is 10.6 Å². The van der Waals surface area contributed by atoms with E-state index in [0.29, 0.717) is 30.5 Å². The summed E-state index contributed by atoms with van der Waals surface area (Å²) in [6, 6.07) is 13.7. The molecule has 3 aromatic rings. The van der Waals surface area contributed by atoms with Crippen LogP contribution in [-0.4, -0.2) is 80.7 Å². The van der Waals surface area contributed by atoms with Crippen LogP contribution in [0.4, 0.5) is 14.9 Å². The van der Waals surface area contributed by atoms with E-state index in [2.05, 4.69) is 31.1 Å². The average molecular weight is 549 g/mol. The van der Waals surface area contributed by atoms with Crippen molar-refractivity contribution in [3.05, 3.63) is 65.7 Å². The number of aromatic nitrogens is 4. The number of halogens is 1. The number of likely N-dealkylation sites (tertiary alicyclic amines) is 2. The number of hydrogen-bond donors (Lipinski definition) is 2. The lowest BCUT2D eigenvalue weighted by molar-refractivity contribution is -0.130. The number of hydrogen-bond acceptors (Lipinski definition) is 6. The molecule has 2 aliphatic rings. The van der Waals surface area contributed by atoms with Gasteiger partial charge in [0.2, 0.25) is 5.91 Å². The number of tetrazole rings is 1. The Hall–Kier alpha value is -3.86. The Morgan fingerprint density at radius 1 is 1.07 bits per heavy atom. The van der Waals surface area contributed by atoms with Gasteiger partial charge in [-0.3, -0.25) is 4.79 Å². The van der Waals surface area contributed by atoms with E-state index < -0.39 is 0 Å². The molecule has 40 heavy (non-hydrogen) atoms. The van der Waals surface area contributed by atoms with Gasteiger partial charge in [-0.05, 0) is 97.3 Å². The number of rotatable bonds is 7. The van der Waals surface area contributed by atoms with Gasteiger partial charge in [-0.1, -0.05) is 18.2 Å². The number of carbonyl (C=O) groups is 2. The minimum Gasteiger partial charge on any atom is -0.341 e. The molecule has 0 aliphatic carbocycles. The molecular weight excluding hydrogens is 511 g/mol. The van der Waals surface area contributed by atoms with Crippen LogP contribution in [0.25, 0.3) is 5.69 Å². The number of nitrogens with zero attached hydrogens (tertiary/aromatic N) is 6. The summed E-state index contributed by atoms with van der Waals surface area (Å²) in [5.41, 5.74) is 2.54. The Kier molecular flexibility index (Phi) is 8.69. The molecule has 3 amide bonds. The van der Waals surface area contributed by atoms with Crippen LogP contribution in [0, 0.1) is 24.6 Å². The number of anilines is 1. The van der Waals surface area contributed by atoms with Crippen LogP contribution in [0.2, 0.25) is 0 Å². The maximum atomic E-state index is 13.3. The van der Waals surface area contributed by atoms with Gasteiger partial charge in [-0.25, -0.2) is 9.18 Å².